The van der Waals surface area contributed by atoms with Gasteiger partial charge in [0.05, 0.1) is 6.54 Å². The van der Waals surface area contributed by atoms with Crippen LogP contribution in [0.1, 0.15) is 48.4 Å². The van der Waals surface area contributed by atoms with Crippen LogP contribution in [0.25, 0.3) is 0 Å². The molecule has 1 aliphatic carbocycles. The molecular formula is C20H22N2O5. The third-order valence-electron chi connectivity index (χ3n) is 5.71. The first-order chi connectivity index (χ1) is 13.0. The summed E-state index contributed by atoms with van der Waals surface area (Å²) in [6.07, 6.45) is 6.08. The Hall–Kier alpha value is -2.83. The lowest BCUT2D eigenvalue weighted by Gasteiger charge is -2.32. The number of carbonyl (C=O) groups is 2. The summed E-state index contributed by atoms with van der Waals surface area (Å²) >= 11 is 0. The summed E-state index contributed by atoms with van der Waals surface area (Å²) in [5.41, 5.74) is -0.155. The van der Waals surface area contributed by atoms with E-state index in [0.717, 1.165) is 25.7 Å². The largest absolute Gasteiger partial charge is 0.480 e. The quantitative estimate of drug-likeness (QED) is 0.892. The summed E-state index contributed by atoms with van der Waals surface area (Å²) in [6.45, 7) is 0.224. The van der Waals surface area contributed by atoms with Crippen LogP contribution in [-0.4, -0.2) is 38.5 Å². The van der Waals surface area contributed by atoms with Gasteiger partial charge in [-0.15, -0.1) is 0 Å². The zero-order valence-corrected chi connectivity index (χ0v) is 14.9. The second kappa shape index (κ2) is 7.06. The maximum Gasteiger partial charge on any atom is 0.326 e. The summed E-state index contributed by atoms with van der Waals surface area (Å²) in [5.74, 6) is -0.464. The van der Waals surface area contributed by atoms with Gasteiger partial charge < -0.3 is 19.0 Å². The van der Waals surface area contributed by atoms with E-state index in [1.165, 1.54) is 15.5 Å². The Bertz CT molecular complexity index is 915. The summed E-state index contributed by atoms with van der Waals surface area (Å²) < 4.78 is 7.17. The predicted octanol–water partition coefficient (Wildman–Crippen LogP) is 2.35. The summed E-state index contributed by atoms with van der Waals surface area (Å²) in [5, 5.41) is 9.59. The molecule has 1 amide bonds. The van der Waals surface area contributed by atoms with Gasteiger partial charge in [-0.2, -0.15) is 0 Å². The van der Waals surface area contributed by atoms with Crippen LogP contribution in [0.5, 0.6) is 0 Å². The lowest BCUT2D eigenvalue weighted by atomic mass is 9.84. The van der Waals surface area contributed by atoms with E-state index < -0.39 is 12.0 Å². The molecule has 0 radical (unpaired) electrons. The van der Waals surface area contributed by atoms with E-state index in [1.807, 2.05) is 0 Å². The molecule has 142 valence electrons. The molecule has 2 fully saturated rings. The highest BCUT2D eigenvalue weighted by atomic mass is 16.4. The molecule has 1 saturated heterocycles. The standard InChI is InChI=1S/C20H22N2O5/c23-18-7-3-4-10-21(18)12-14-8-9-17(27-14)19(24)22-15-6-2-1-5-13(15)11-16(22)20(25)26/h3-4,7-10,13,15-16H,1-2,5-6,11-12H2,(H,25,26)/t13-,15-,16-/m0/s1. The third-order valence-corrected chi connectivity index (χ3v) is 5.71. The van der Waals surface area contributed by atoms with Crippen LogP contribution < -0.4 is 5.56 Å². The van der Waals surface area contributed by atoms with Crippen LogP contribution in [0.15, 0.2) is 45.7 Å². The molecule has 1 aliphatic heterocycles. The Balaban J connectivity index is 1.57. The number of hydrogen-bond acceptors (Lipinski definition) is 4. The van der Waals surface area contributed by atoms with E-state index in [4.69, 9.17) is 4.42 Å². The monoisotopic (exact) mass is 370 g/mol. The molecular weight excluding hydrogens is 348 g/mol. The van der Waals surface area contributed by atoms with Gasteiger partial charge in [0, 0.05) is 18.3 Å². The van der Waals surface area contributed by atoms with Crippen molar-refractivity contribution in [3.63, 3.8) is 0 Å². The number of amides is 1. The third kappa shape index (κ3) is 3.29. The van der Waals surface area contributed by atoms with Crippen molar-refractivity contribution in [2.45, 2.75) is 50.7 Å². The van der Waals surface area contributed by atoms with E-state index in [2.05, 4.69) is 0 Å². The predicted molar refractivity (Wildman–Crippen MR) is 96.5 cm³/mol. The van der Waals surface area contributed by atoms with E-state index in [1.54, 1.807) is 30.5 Å². The van der Waals surface area contributed by atoms with Crippen molar-refractivity contribution in [2.24, 2.45) is 5.92 Å². The molecule has 3 heterocycles. The Morgan fingerprint density at radius 3 is 2.74 bits per heavy atom. The number of fused-ring (bicyclic) bond motifs is 1. The van der Waals surface area contributed by atoms with Crippen LogP contribution in [-0.2, 0) is 11.3 Å². The van der Waals surface area contributed by atoms with Gasteiger partial charge in [-0.05, 0) is 43.4 Å². The lowest BCUT2D eigenvalue weighted by Crippen LogP contribution is -2.46. The molecule has 7 nitrogen and oxygen atoms in total. The maximum atomic E-state index is 13.0. The Kier molecular flexibility index (Phi) is 4.59. The van der Waals surface area contributed by atoms with Crippen LogP contribution in [0.3, 0.4) is 0 Å². The molecule has 27 heavy (non-hydrogen) atoms. The van der Waals surface area contributed by atoms with Gasteiger partial charge in [-0.1, -0.05) is 18.9 Å². The van der Waals surface area contributed by atoms with Crippen LogP contribution in [0.2, 0.25) is 0 Å². The number of likely N-dealkylation sites (tertiary alicyclic amines) is 1. The van der Waals surface area contributed by atoms with Crippen molar-refractivity contribution in [3.8, 4) is 0 Å². The van der Waals surface area contributed by atoms with Gasteiger partial charge in [0.15, 0.2) is 5.76 Å². The van der Waals surface area contributed by atoms with E-state index in [-0.39, 0.29) is 35.7 Å². The number of pyridine rings is 1. The number of carboxylic acids is 1. The zero-order chi connectivity index (χ0) is 19.0. The first-order valence-corrected chi connectivity index (χ1v) is 9.34. The van der Waals surface area contributed by atoms with Gasteiger partial charge in [0.1, 0.15) is 11.8 Å². The number of carboxylic acid groups (broad SMARTS) is 1. The fourth-order valence-corrected chi connectivity index (χ4v) is 4.44. The second-order valence-corrected chi connectivity index (χ2v) is 7.35. The Labute approximate surface area is 156 Å². The zero-order valence-electron chi connectivity index (χ0n) is 14.9. The smallest absolute Gasteiger partial charge is 0.326 e. The fourth-order valence-electron chi connectivity index (χ4n) is 4.44. The number of aliphatic carboxylic acids is 1. The molecule has 2 aromatic heterocycles. The number of hydrogen-bond donors (Lipinski definition) is 1. The van der Waals surface area contributed by atoms with Crippen LogP contribution >= 0.6 is 0 Å². The van der Waals surface area contributed by atoms with Crippen molar-refractivity contribution in [1.29, 1.82) is 0 Å². The van der Waals surface area contributed by atoms with Crippen molar-refractivity contribution in [1.82, 2.24) is 9.47 Å². The van der Waals surface area contributed by atoms with E-state index in [9.17, 15) is 19.5 Å². The topological polar surface area (TPSA) is 92.8 Å². The molecule has 2 aromatic rings. The maximum absolute atomic E-state index is 13.0. The summed E-state index contributed by atoms with van der Waals surface area (Å²) in [7, 11) is 0. The molecule has 2 aliphatic rings. The highest BCUT2D eigenvalue weighted by molar-refractivity contribution is 5.95. The minimum absolute atomic E-state index is 0.0300. The molecule has 0 spiro atoms. The summed E-state index contributed by atoms with van der Waals surface area (Å²) in [4.78, 5) is 38.1. The number of aromatic nitrogens is 1. The highest BCUT2D eigenvalue weighted by Gasteiger charge is 2.48. The van der Waals surface area contributed by atoms with Crippen molar-refractivity contribution < 1.29 is 19.1 Å². The average molecular weight is 370 g/mol. The van der Waals surface area contributed by atoms with E-state index in [0.29, 0.717) is 12.2 Å². The van der Waals surface area contributed by atoms with E-state index >= 15 is 0 Å². The van der Waals surface area contributed by atoms with Gasteiger partial charge in [0.25, 0.3) is 11.5 Å². The average Bonchev–Trinajstić information content (AvgIpc) is 3.28. The minimum atomic E-state index is -0.958. The molecule has 1 N–H and O–H groups in total. The normalized spacial score (nSPS) is 24.6. The Morgan fingerprint density at radius 1 is 1.15 bits per heavy atom. The number of nitrogens with zero attached hydrogens (tertiary/aromatic N) is 2. The number of carbonyl (C=O) groups excluding carboxylic acids is 1. The second-order valence-electron chi connectivity index (χ2n) is 7.35. The lowest BCUT2D eigenvalue weighted by molar-refractivity contribution is -0.141. The molecule has 0 aromatic carbocycles. The number of furan rings is 1. The molecule has 1 saturated carbocycles. The first kappa shape index (κ1) is 17.6. The van der Waals surface area contributed by atoms with Gasteiger partial charge in [-0.25, -0.2) is 4.79 Å². The molecule has 3 atom stereocenters. The SMILES string of the molecule is O=C(O)[C@@H]1C[C@@H]2CCCC[C@@H]2N1C(=O)c1ccc(Cn2ccccc2=O)o1. The number of rotatable bonds is 4. The molecule has 7 heteroatoms. The van der Waals surface area contributed by atoms with Crippen molar-refractivity contribution in [3.05, 3.63) is 58.4 Å². The first-order valence-electron chi connectivity index (χ1n) is 9.34. The van der Waals surface area contributed by atoms with Crippen molar-refractivity contribution in [2.75, 3.05) is 0 Å². The van der Waals surface area contributed by atoms with Crippen molar-refractivity contribution >= 4 is 11.9 Å². The van der Waals surface area contributed by atoms with Gasteiger partial charge in [-0.3, -0.25) is 9.59 Å². The Morgan fingerprint density at radius 2 is 1.96 bits per heavy atom. The molecule has 0 bridgehead atoms. The molecule has 4 rings (SSSR count). The fraction of sp³-hybridized carbons (Fsp3) is 0.450. The highest BCUT2D eigenvalue weighted by Crippen LogP contribution is 2.40. The van der Waals surface area contributed by atoms with Gasteiger partial charge >= 0.3 is 5.97 Å². The van der Waals surface area contributed by atoms with Gasteiger partial charge in [0.2, 0.25) is 0 Å². The minimum Gasteiger partial charge on any atom is -0.480 e. The van der Waals surface area contributed by atoms with Crippen LogP contribution in [0.4, 0.5) is 0 Å². The summed E-state index contributed by atoms with van der Waals surface area (Å²) in [6, 6.07) is 7.28. The van der Waals surface area contributed by atoms with Crippen LogP contribution in [0, 0.1) is 5.92 Å². The molecule has 0 unspecified atom stereocenters.